The van der Waals surface area contributed by atoms with Crippen LogP contribution in [-0.2, 0) is 11.2 Å². The summed E-state index contributed by atoms with van der Waals surface area (Å²) in [6, 6.07) is 9.23. The molecule has 2 aliphatic heterocycles. The van der Waals surface area contributed by atoms with Crippen LogP contribution < -0.4 is 5.32 Å². The van der Waals surface area contributed by atoms with Crippen LogP contribution in [0.3, 0.4) is 0 Å². The van der Waals surface area contributed by atoms with Crippen LogP contribution in [-0.4, -0.2) is 43.3 Å². The van der Waals surface area contributed by atoms with Crippen LogP contribution in [0.5, 0.6) is 0 Å². The first-order valence-corrected chi connectivity index (χ1v) is 7.40. The number of hydrogen-bond donors (Lipinski definition) is 1. The van der Waals surface area contributed by atoms with E-state index in [1.807, 2.05) is 0 Å². The van der Waals surface area contributed by atoms with E-state index >= 15 is 0 Å². The summed E-state index contributed by atoms with van der Waals surface area (Å²) in [6.07, 6.45) is 1.57. The Morgan fingerprint density at radius 3 is 3.05 bits per heavy atom. The summed E-state index contributed by atoms with van der Waals surface area (Å²) in [5.41, 5.74) is 2.79. The smallest absolute Gasteiger partial charge is 0.0674 e. The fraction of sp³-hybridized carbons (Fsp3) is 0.625. The van der Waals surface area contributed by atoms with Gasteiger partial charge in [0.15, 0.2) is 0 Å². The Kier molecular flexibility index (Phi) is 3.76. The average molecular weight is 260 g/mol. The maximum Gasteiger partial charge on any atom is 0.0674 e. The van der Waals surface area contributed by atoms with Crippen molar-refractivity contribution in [3.63, 3.8) is 0 Å². The second-order valence-corrected chi connectivity index (χ2v) is 6.06. The molecule has 104 valence electrons. The van der Waals surface area contributed by atoms with Crippen molar-refractivity contribution < 1.29 is 4.74 Å². The van der Waals surface area contributed by atoms with E-state index < -0.39 is 0 Å². The number of benzene rings is 1. The van der Waals surface area contributed by atoms with Gasteiger partial charge in [-0.25, -0.2) is 0 Å². The van der Waals surface area contributed by atoms with Gasteiger partial charge in [0.05, 0.1) is 12.7 Å². The molecule has 3 heteroatoms. The number of nitrogens with one attached hydrogen (secondary N) is 1. The highest BCUT2D eigenvalue weighted by Gasteiger charge is 2.27. The Morgan fingerprint density at radius 2 is 2.16 bits per heavy atom. The molecule has 1 N–H and O–H groups in total. The van der Waals surface area contributed by atoms with Gasteiger partial charge >= 0.3 is 0 Å². The molecule has 3 rings (SSSR count). The molecule has 1 fully saturated rings. The number of morpholine rings is 1. The zero-order valence-corrected chi connectivity index (χ0v) is 11.9. The molecule has 3 unspecified atom stereocenters. The van der Waals surface area contributed by atoms with E-state index in [4.69, 9.17) is 4.74 Å². The van der Waals surface area contributed by atoms with E-state index in [1.54, 1.807) is 0 Å². The molecule has 0 saturated carbocycles. The molecule has 0 bridgehead atoms. The highest BCUT2D eigenvalue weighted by molar-refractivity contribution is 5.53. The minimum absolute atomic E-state index is 0.375. The molecular weight excluding hydrogens is 236 g/mol. The second-order valence-electron chi connectivity index (χ2n) is 6.06. The van der Waals surface area contributed by atoms with E-state index in [2.05, 4.69) is 48.3 Å². The van der Waals surface area contributed by atoms with Crippen LogP contribution >= 0.6 is 0 Å². The Labute approximate surface area is 115 Å². The Morgan fingerprint density at radius 1 is 1.32 bits per heavy atom. The summed E-state index contributed by atoms with van der Waals surface area (Å²) < 4.78 is 5.71. The molecule has 3 nitrogen and oxygen atoms in total. The SMILES string of the molecule is CC1CN(CC2CNc3ccccc3C2)C(C)CO1. The third kappa shape index (κ3) is 2.93. The molecule has 0 aromatic heterocycles. The maximum absolute atomic E-state index is 5.71. The van der Waals surface area contributed by atoms with Crippen LogP contribution in [0, 0.1) is 5.92 Å². The molecule has 1 saturated heterocycles. The zero-order chi connectivity index (χ0) is 13.2. The predicted molar refractivity (Wildman–Crippen MR) is 78.6 cm³/mol. The molecule has 0 amide bonds. The summed E-state index contributed by atoms with van der Waals surface area (Å²) in [5, 5.41) is 3.57. The maximum atomic E-state index is 5.71. The lowest BCUT2D eigenvalue weighted by molar-refractivity contribution is -0.0537. The third-order valence-corrected chi connectivity index (χ3v) is 4.34. The van der Waals surface area contributed by atoms with Crippen LogP contribution in [0.2, 0.25) is 0 Å². The minimum atomic E-state index is 0.375. The van der Waals surface area contributed by atoms with Gasteiger partial charge in [-0.2, -0.15) is 0 Å². The van der Waals surface area contributed by atoms with Crippen molar-refractivity contribution in [1.29, 1.82) is 0 Å². The molecule has 1 aromatic carbocycles. The lowest BCUT2D eigenvalue weighted by atomic mass is 9.93. The molecule has 0 radical (unpaired) electrons. The molecule has 19 heavy (non-hydrogen) atoms. The quantitative estimate of drug-likeness (QED) is 0.883. The molecular formula is C16H24N2O. The van der Waals surface area contributed by atoms with E-state index in [0.29, 0.717) is 18.1 Å². The van der Waals surface area contributed by atoms with Crippen molar-refractivity contribution in [3.8, 4) is 0 Å². The normalized spacial score (nSPS) is 31.6. The van der Waals surface area contributed by atoms with Crippen LogP contribution in [0.25, 0.3) is 0 Å². The highest BCUT2D eigenvalue weighted by Crippen LogP contribution is 2.25. The van der Waals surface area contributed by atoms with E-state index in [-0.39, 0.29) is 0 Å². The van der Waals surface area contributed by atoms with Crippen LogP contribution in [0.1, 0.15) is 19.4 Å². The standard InChI is InChI=1S/C16H24N2O/c1-12-11-19-13(2)9-18(12)10-14-7-15-5-3-4-6-16(15)17-8-14/h3-6,12-14,17H,7-11H2,1-2H3. The summed E-state index contributed by atoms with van der Waals surface area (Å²) in [5.74, 6) is 0.711. The topological polar surface area (TPSA) is 24.5 Å². The fourth-order valence-corrected chi connectivity index (χ4v) is 3.20. The zero-order valence-electron chi connectivity index (χ0n) is 11.9. The first kappa shape index (κ1) is 12.9. The van der Waals surface area contributed by atoms with Gasteiger partial charge in [0, 0.05) is 31.4 Å². The Hall–Kier alpha value is -1.06. The molecule has 1 aromatic rings. The van der Waals surface area contributed by atoms with Crippen LogP contribution in [0.15, 0.2) is 24.3 Å². The monoisotopic (exact) mass is 260 g/mol. The van der Waals surface area contributed by atoms with E-state index in [0.717, 1.165) is 19.7 Å². The number of anilines is 1. The number of nitrogens with zero attached hydrogens (tertiary/aromatic N) is 1. The Balaban J connectivity index is 1.62. The van der Waals surface area contributed by atoms with Gasteiger partial charge in [0.1, 0.15) is 0 Å². The van der Waals surface area contributed by atoms with Gasteiger partial charge in [-0.05, 0) is 37.8 Å². The van der Waals surface area contributed by atoms with Gasteiger partial charge in [0.25, 0.3) is 0 Å². The summed E-state index contributed by atoms with van der Waals surface area (Å²) >= 11 is 0. The largest absolute Gasteiger partial charge is 0.384 e. The van der Waals surface area contributed by atoms with Gasteiger partial charge in [-0.15, -0.1) is 0 Å². The lowest BCUT2D eigenvalue weighted by Crippen LogP contribution is -2.50. The number of hydrogen-bond acceptors (Lipinski definition) is 3. The Bertz CT molecular complexity index is 435. The van der Waals surface area contributed by atoms with E-state index in [1.165, 1.54) is 24.2 Å². The van der Waals surface area contributed by atoms with Gasteiger partial charge in [-0.3, -0.25) is 4.90 Å². The van der Waals surface area contributed by atoms with Crippen molar-refractivity contribution in [3.05, 3.63) is 29.8 Å². The van der Waals surface area contributed by atoms with E-state index in [9.17, 15) is 0 Å². The van der Waals surface area contributed by atoms with Crippen molar-refractivity contribution in [2.24, 2.45) is 5.92 Å². The second kappa shape index (κ2) is 5.51. The number of para-hydroxylation sites is 1. The highest BCUT2D eigenvalue weighted by atomic mass is 16.5. The third-order valence-electron chi connectivity index (χ3n) is 4.34. The van der Waals surface area contributed by atoms with Gasteiger partial charge < -0.3 is 10.1 Å². The molecule has 2 aliphatic rings. The summed E-state index contributed by atoms with van der Waals surface area (Å²) in [7, 11) is 0. The van der Waals surface area contributed by atoms with Crippen molar-refractivity contribution >= 4 is 5.69 Å². The number of fused-ring (bicyclic) bond motifs is 1. The summed E-state index contributed by atoms with van der Waals surface area (Å²) in [4.78, 5) is 2.59. The van der Waals surface area contributed by atoms with Gasteiger partial charge in [-0.1, -0.05) is 18.2 Å². The van der Waals surface area contributed by atoms with Crippen LogP contribution in [0.4, 0.5) is 5.69 Å². The summed E-state index contributed by atoms with van der Waals surface area (Å²) in [6.45, 7) is 8.66. The van der Waals surface area contributed by atoms with Crippen molar-refractivity contribution in [2.45, 2.75) is 32.4 Å². The van der Waals surface area contributed by atoms with Gasteiger partial charge in [0.2, 0.25) is 0 Å². The predicted octanol–water partition coefficient (Wildman–Crippen LogP) is 2.38. The average Bonchev–Trinajstić information content (AvgIpc) is 2.43. The molecule has 2 heterocycles. The number of rotatable bonds is 2. The number of ether oxygens (including phenoxy) is 1. The molecule has 3 atom stereocenters. The first-order valence-electron chi connectivity index (χ1n) is 7.40. The minimum Gasteiger partial charge on any atom is -0.384 e. The fourth-order valence-electron chi connectivity index (χ4n) is 3.20. The molecule has 0 spiro atoms. The molecule has 0 aliphatic carbocycles. The first-order chi connectivity index (χ1) is 9.22. The van der Waals surface area contributed by atoms with Crippen molar-refractivity contribution in [1.82, 2.24) is 4.90 Å². The van der Waals surface area contributed by atoms with Crippen molar-refractivity contribution in [2.75, 3.05) is 31.6 Å². The lowest BCUT2D eigenvalue weighted by Gasteiger charge is -2.39.